The highest BCUT2D eigenvalue weighted by Crippen LogP contribution is 1.77. The van der Waals surface area contributed by atoms with E-state index in [9.17, 15) is 4.39 Å². The van der Waals surface area contributed by atoms with Gasteiger partial charge in [0.05, 0.1) is 13.3 Å². The van der Waals surface area contributed by atoms with Crippen molar-refractivity contribution in [3.63, 3.8) is 0 Å². The number of hydrogen-bond donors (Lipinski definition) is 3. The Labute approximate surface area is 41.3 Å². The van der Waals surface area contributed by atoms with Crippen LogP contribution in [-0.2, 0) is 0 Å². The molecular weight excluding hydrogens is 97.1 g/mol. The quantitative estimate of drug-likeness (QED) is 0.343. The molecule has 0 atom stereocenters. The molecule has 0 unspecified atom stereocenters. The van der Waals surface area contributed by atoms with E-state index in [0.717, 1.165) is 0 Å². The Bertz CT molecular complexity index is 52.1. The van der Waals surface area contributed by atoms with Crippen LogP contribution in [0.4, 0.5) is 4.39 Å². The number of hydrogen-bond acceptors (Lipinski definition) is 3. The van der Waals surface area contributed by atoms with Gasteiger partial charge in [-0.1, -0.05) is 0 Å². The predicted molar refractivity (Wildman–Crippen MR) is 24.0 cm³/mol. The van der Waals surface area contributed by atoms with Gasteiger partial charge in [-0.15, -0.1) is 0 Å². The van der Waals surface area contributed by atoms with Crippen LogP contribution < -0.4 is 16.0 Å². The zero-order chi connectivity index (χ0) is 5.11. The van der Waals surface area contributed by atoms with Crippen LogP contribution in [-0.4, -0.2) is 19.8 Å². The molecule has 0 saturated carbocycles. The average Bonchev–Trinajstić information content (AvgIpc) is 1.69. The summed E-state index contributed by atoms with van der Waals surface area (Å²) in [6.45, 7) is 1.10. The zero-order valence-corrected chi connectivity index (χ0v) is 3.87. The smallest absolute Gasteiger partial charge is 0.207 e. The van der Waals surface area contributed by atoms with Crippen molar-refractivity contribution < 1.29 is 4.39 Å². The number of halogens is 1. The lowest BCUT2D eigenvalue weighted by Crippen LogP contribution is -2.53. The van der Waals surface area contributed by atoms with Gasteiger partial charge in [-0.25, -0.2) is 4.39 Å². The second-order valence-electron chi connectivity index (χ2n) is 1.37. The van der Waals surface area contributed by atoms with Crippen LogP contribution in [0, 0.1) is 0 Å². The fourth-order valence-electron chi connectivity index (χ4n) is 0.458. The molecule has 1 heterocycles. The number of alkyl halides is 1. The fraction of sp³-hybridized carbons (Fsp3) is 1.00. The first kappa shape index (κ1) is 4.96. The summed E-state index contributed by atoms with van der Waals surface area (Å²) in [7, 11) is 0. The van der Waals surface area contributed by atoms with Gasteiger partial charge < -0.3 is 0 Å². The average molecular weight is 105 g/mol. The van der Waals surface area contributed by atoms with Crippen LogP contribution >= 0.6 is 0 Å². The summed E-state index contributed by atoms with van der Waals surface area (Å²) in [6, 6.07) is 0. The second-order valence-corrected chi connectivity index (χ2v) is 1.37. The maximum atomic E-state index is 11.9. The molecule has 0 spiro atoms. The first-order chi connectivity index (χ1) is 3.39. The Kier molecular flexibility index (Phi) is 1.56. The Morgan fingerprint density at radius 1 is 1.29 bits per heavy atom. The first-order valence-electron chi connectivity index (χ1n) is 2.21. The van der Waals surface area contributed by atoms with E-state index < -0.39 is 6.42 Å². The summed E-state index contributed by atoms with van der Waals surface area (Å²) < 4.78 is 11.9. The maximum absolute atomic E-state index is 11.9. The summed E-state index contributed by atoms with van der Waals surface area (Å²) in [5.41, 5.74) is 0. The number of nitrogens with one attached hydrogen (secondary N) is 3. The molecule has 0 aromatic carbocycles. The lowest BCUT2D eigenvalue weighted by atomic mass is 10.7. The number of rotatable bonds is 0. The van der Waals surface area contributed by atoms with E-state index in [1.54, 1.807) is 0 Å². The predicted octanol–water partition coefficient (Wildman–Crippen LogP) is -1.06. The van der Waals surface area contributed by atoms with Crippen LogP contribution in [0.25, 0.3) is 0 Å². The van der Waals surface area contributed by atoms with Crippen LogP contribution in [0.1, 0.15) is 0 Å². The standard InChI is InChI=1S/C3H8FN3/c4-3-6-1-5-2-7-3/h3,5-7H,1-2H2. The van der Waals surface area contributed by atoms with Crippen LogP contribution in [0.2, 0.25) is 0 Å². The molecule has 7 heavy (non-hydrogen) atoms. The van der Waals surface area contributed by atoms with Crippen molar-refractivity contribution in [1.82, 2.24) is 16.0 Å². The third-order valence-electron chi connectivity index (χ3n) is 0.813. The van der Waals surface area contributed by atoms with E-state index in [-0.39, 0.29) is 0 Å². The molecule has 0 bridgehead atoms. The van der Waals surface area contributed by atoms with E-state index in [1.165, 1.54) is 0 Å². The van der Waals surface area contributed by atoms with Crippen molar-refractivity contribution in [2.45, 2.75) is 6.42 Å². The highest BCUT2D eigenvalue weighted by Gasteiger charge is 2.05. The van der Waals surface area contributed by atoms with Gasteiger partial charge in [-0.3, -0.25) is 16.0 Å². The minimum atomic E-state index is -1.03. The van der Waals surface area contributed by atoms with Crippen molar-refractivity contribution >= 4 is 0 Å². The molecule has 0 aliphatic carbocycles. The second kappa shape index (κ2) is 2.20. The van der Waals surface area contributed by atoms with E-state index in [4.69, 9.17) is 0 Å². The van der Waals surface area contributed by atoms with E-state index in [1.807, 2.05) is 0 Å². The van der Waals surface area contributed by atoms with E-state index in [2.05, 4.69) is 16.0 Å². The Morgan fingerprint density at radius 2 is 1.86 bits per heavy atom. The summed E-state index contributed by atoms with van der Waals surface area (Å²) in [5.74, 6) is 0. The Hall–Kier alpha value is -0.190. The third kappa shape index (κ3) is 1.38. The first-order valence-corrected chi connectivity index (χ1v) is 2.21. The largest absolute Gasteiger partial charge is 0.292 e. The molecule has 1 aliphatic heterocycles. The molecule has 3 N–H and O–H groups in total. The molecule has 0 radical (unpaired) electrons. The van der Waals surface area contributed by atoms with E-state index in [0.29, 0.717) is 13.3 Å². The van der Waals surface area contributed by atoms with Gasteiger partial charge in [0, 0.05) is 0 Å². The zero-order valence-electron chi connectivity index (χ0n) is 3.87. The lowest BCUT2D eigenvalue weighted by molar-refractivity contribution is 0.181. The van der Waals surface area contributed by atoms with Gasteiger partial charge in [-0.2, -0.15) is 0 Å². The molecule has 1 fully saturated rings. The normalized spacial score (nSPS) is 25.3. The fourth-order valence-corrected chi connectivity index (χ4v) is 0.458. The lowest BCUT2D eigenvalue weighted by Gasteiger charge is -2.18. The molecule has 0 aromatic rings. The molecule has 0 amide bonds. The van der Waals surface area contributed by atoms with Crippen molar-refractivity contribution in [2.75, 3.05) is 13.3 Å². The SMILES string of the molecule is FC1NCNCN1. The van der Waals surface area contributed by atoms with Gasteiger partial charge in [0.2, 0.25) is 6.42 Å². The van der Waals surface area contributed by atoms with Gasteiger partial charge in [0.15, 0.2) is 0 Å². The molecule has 4 heteroatoms. The van der Waals surface area contributed by atoms with Gasteiger partial charge in [0.1, 0.15) is 0 Å². The summed E-state index contributed by atoms with van der Waals surface area (Å²) in [6.07, 6.45) is -1.03. The molecular formula is C3H8FN3. The Balaban J connectivity index is 2.12. The molecule has 1 rings (SSSR count). The minimum Gasteiger partial charge on any atom is -0.292 e. The van der Waals surface area contributed by atoms with Crippen LogP contribution in [0.5, 0.6) is 0 Å². The molecule has 42 valence electrons. The molecule has 1 saturated heterocycles. The maximum Gasteiger partial charge on any atom is 0.207 e. The molecule has 0 aromatic heterocycles. The van der Waals surface area contributed by atoms with Crippen molar-refractivity contribution in [3.05, 3.63) is 0 Å². The van der Waals surface area contributed by atoms with Crippen LogP contribution in [0.15, 0.2) is 0 Å². The van der Waals surface area contributed by atoms with E-state index >= 15 is 0 Å². The molecule has 1 aliphatic rings. The highest BCUT2D eigenvalue weighted by atomic mass is 19.1. The summed E-state index contributed by atoms with van der Waals surface area (Å²) in [5, 5.41) is 7.84. The monoisotopic (exact) mass is 105 g/mol. The highest BCUT2D eigenvalue weighted by molar-refractivity contribution is 4.55. The van der Waals surface area contributed by atoms with Crippen molar-refractivity contribution in [1.29, 1.82) is 0 Å². The van der Waals surface area contributed by atoms with Gasteiger partial charge in [-0.05, 0) is 0 Å². The third-order valence-corrected chi connectivity index (χ3v) is 0.813. The summed E-state index contributed by atoms with van der Waals surface area (Å²) >= 11 is 0. The van der Waals surface area contributed by atoms with Crippen LogP contribution in [0.3, 0.4) is 0 Å². The van der Waals surface area contributed by atoms with Gasteiger partial charge >= 0.3 is 0 Å². The minimum absolute atomic E-state index is 0.550. The van der Waals surface area contributed by atoms with Gasteiger partial charge in [0.25, 0.3) is 0 Å². The van der Waals surface area contributed by atoms with Crippen molar-refractivity contribution in [3.8, 4) is 0 Å². The van der Waals surface area contributed by atoms with Crippen molar-refractivity contribution in [2.24, 2.45) is 0 Å². The molecule has 3 nitrogen and oxygen atoms in total. The summed E-state index contributed by atoms with van der Waals surface area (Å²) in [4.78, 5) is 0. The topological polar surface area (TPSA) is 36.1 Å². The Morgan fingerprint density at radius 3 is 2.14 bits per heavy atom.